The van der Waals surface area contributed by atoms with Crippen LogP contribution in [0.1, 0.15) is 33.3 Å². The van der Waals surface area contributed by atoms with Crippen LogP contribution in [0.2, 0.25) is 0 Å². The number of azide groups is 1. The average molecular weight is 305 g/mol. The molecule has 0 amide bonds. The summed E-state index contributed by atoms with van der Waals surface area (Å²) in [7, 11) is 0. The van der Waals surface area contributed by atoms with Crippen molar-refractivity contribution in [3.63, 3.8) is 0 Å². The molecule has 0 radical (unpaired) electrons. The fourth-order valence-corrected chi connectivity index (χ4v) is 2.13. The van der Waals surface area contributed by atoms with Crippen molar-refractivity contribution in [1.82, 2.24) is 0 Å². The highest BCUT2D eigenvalue weighted by molar-refractivity contribution is 5.66. The van der Waals surface area contributed by atoms with Gasteiger partial charge in [-0.3, -0.25) is 4.79 Å². The van der Waals surface area contributed by atoms with Gasteiger partial charge in [-0.2, -0.15) is 0 Å². The predicted octanol–water partition coefficient (Wildman–Crippen LogP) is 3.86. The highest BCUT2D eigenvalue weighted by atomic mass is 16.5. The van der Waals surface area contributed by atoms with Crippen molar-refractivity contribution >= 4 is 5.97 Å². The van der Waals surface area contributed by atoms with Gasteiger partial charge in [0.05, 0.1) is 19.3 Å². The molecule has 1 aromatic carbocycles. The molecular formula is C16H23N3O3. The molecule has 1 rings (SSSR count). The Labute approximate surface area is 131 Å². The summed E-state index contributed by atoms with van der Waals surface area (Å²) in [5, 5.41) is 3.75. The summed E-state index contributed by atoms with van der Waals surface area (Å²) >= 11 is 0. The summed E-state index contributed by atoms with van der Waals surface area (Å²) in [6.45, 7) is 7.73. The third kappa shape index (κ3) is 6.16. The summed E-state index contributed by atoms with van der Waals surface area (Å²) in [6.07, 6.45) is -0.545. The molecule has 22 heavy (non-hydrogen) atoms. The minimum Gasteiger partial charge on any atom is -0.461 e. The van der Waals surface area contributed by atoms with E-state index in [2.05, 4.69) is 10.0 Å². The molecule has 6 nitrogen and oxygen atoms in total. The molecule has 1 aromatic rings. The van der Waals surface area contributed by atoms with Crippen molar-refractivity contribution in [1.29, 1.82) is 0 Å². The number of rotatable bonds is 7. The number of benzene rings is 1. The van der Waals surface area contributed by atoms with Crippen LogP contribution in [0.4, 0.5) is 0 Å². The quantitative estimate of drug-likeness (QED) is 0.332. The number of carbonyl (C=O) groups is 1. The fraction of sp³-hybridized carbons (Fsp3) is 0.562. The van der Waals surface area contributed by atoms with Crippen molar-refractivity contribution in [3.8, 4) is 0 Å². The summed E-state index contributed by atoms with van der Waals surface area (Å²) in [5.41, 5.74) is 9.43. The van der Waals surface area contributed by atoms with E-state index in [9.17, 15) is 4.79 Å². The van der Waals surface area contributed by atoms with Crippen LogP contribution >= 0.6 is 0 Å². The van der Waals surface area contributed by atoms with Gasteiger partial charge in [-0.05, 0) is 16.5 Å². The molecule has 120 valence electrons. The molecule has 0 aromatic heterocycles. The van der Waals surface area contributed by atoms with Crippen LogP contribution in [-0.4, -0.2) is 24.7 Å². The second-order valence-electron chi connectivity index (χ2n) is 6.17. The van der Waals surface area contributed by atoms with E-state index < -0.39 is 18.1 Å². The standard InChI is InChI=1S/C16H23N3O3/c1-12(20)22-15(16(2,3)4)14(18-19-17)11-21-10-13-8-6-5-7-9-13/h5-9,14-15H,10-11H2,1-4H3/t14-,15-/m0/s1. The van der Waals surface area contributed by atoms with Gasteiger partial charge in [-0.25, -0.2) is 0 Å². The third-order valence-corrected chi connectivity index (χ3v) is 3.10. The highest BCUT2D eigenvalue weighted by Crippen LogP contribution is 2.27. The zero-order valence-corrected chi connectivity index (χ0v) is 13.5. The van der Waals surface area contributed by atoms with E-state index in [1.807, 2.05) is 51.1 Å². The largest absolute Gasteiger partial charge is 0.461 e. The number of nitrogens with zero attached hydrogens (tertiary/aromatic N) is 3. The average Bonchev–Trinajstić information content (AvgIpc) is 2.44. The second kappa shape index (κ2) is 8.41. The van der Waals surface area contributed by atoms with Gasteiger partial charge in [-0.1, -0.05) is 56.2 Å². The maximum absolute atomic E-state index is 11.3. The Morgan fingerprint density at radius 2 is 1.95 bits per heavy atom. The number of carbonyl (C=O) groups excluding carboxylic acids is 1. The molecule has 0 spiro atoms. The van der Waals surface area contributed by atoms with Crippen LogP contribution in [-0.2, 0) is 20.9 Å². The van der Waals surface area contributed by atoms with Crippen LogP contribution in [0.15, 0.2) is 35.4 Å². The molecule has 0 N–H and O–H groups in total. The topological polar surface area (TPSA) is 84.3 Å². The molecule has 2 atom stereocenters. The first-order chi connectivity index (χ1) is 10.3. The van der Waals surface area contributed by atoms with E-state index >= 15 is 0 Å². The zero-order valence-electron chi connectivity index (χ0n) is 13.5. The van der Waals surface area contributed by atoms with Gasteiger partial charge < -0.3 is 9.47 Å². The molecule has 0 aliphatic heterocycles. The Morgan fingerprint density at radius 1 is 1.32 bits per heavy atom. The van der Waals surface area contributed by atoms with Gasteiger partial charge in [0.25, 0.3) is 0 Å². The van der Waals surface area contributed by atoms with E-state index in [4.69, 9.17) is 15.0 Å². The van der Waals surface area contributed by atoms with Crippen LogP contribution in [0, 0.1) is 5.41 Å². The monoisotopic (exact) mass is 305 g/mol. The predicted molar refractivity (Wildman–Crippen MR) is 84.0 cm³/mol. The zero-order chi connectivity index (χ0) is 16.6. The number of esters is 1. The maximum Gasteiger partial charge on any atom is 0.302 e. The van der Waals surface area contributed by atoms with Crippen LogP contribution in [0.25, 0.3) is 10.4 Å². The molecule has 0 heterocycles. The van der Waals surface area contributed by atoms with Crippen molar-refractivity contribution < 1.29 is 14.3 Å². The molecule has 0 unspecified atom stereocenters. The molecule has 0 saturated heterocycles. The molecule has 0 saturated carbocycles. The van der Waals surface area contributed by atoms with Gasteiger partial charge >= 0.3 is 5.97 Å². The highest BCUT2D eigenvalue weighted by Gasteiger charge is 2.34. The van der Waals surface area contributed by atoms with Crippen LogP contribution in [0.5, 0.6) is 0 Å². The van der Waals surface area contributed by atoms with E-state index in [1.165, 1.54) is 6.92 Å². The summed E-state index contributed by atoms with van der Waals surface area (Å²) in [4.78, 5) is 14.2. The Kier molecular flexibility index (Phi) is 6.89. The van der Waals surface area contributed by atoms with Crippen molar-refractivity contribution in [2.24, 2.45) is 10.5 Å². The molecule has 0 bridgehead atoms. The fourth-order valence-electron chi connectivity index (χ4n) is 2.13. The second-order valence-corrected chi connectivity index (χ2v) is 6.17. The van der Waals surface area contributed by atoms with E-state index in [0.29, 0.717) is 6.61 Å². The van der Waals surface area contributed by atoms with Gasteiger partial charge in [0, 0.05) is 11.8 Å². The lowest BCUT2D eigenvalue weighted by Gasteiger charge is -2.34. The lowest BCUT2D eigenvalue weighted by atomic mass is 9.85. The number of hydrogen-bond donors (Lipinski definition) is 0. The molecule has 0 fully saturated rings. The van der Waals surface area contributed by atoms with E-state index in [-0.39, 0.29) is 12.0 Å². The first kappa shape index (κ1) is 18.0. The molecule has 0 aliphatic rings. The minimum atomic E-state index is -0.572. The van der Waals surface area contributed by atoms with Gasteiger partial charge in [0.15, 0.2) is 0 Å². The van der Waals surface area contributed by atoms with E-state index in [1.54, 1.807) is 0 Å². The Bertz CT molecular complexity index is 519. The first-order valence-corrected chi connectivity index (χ1v) is 7.17. The normalized spacial score (nSPS) is 13.8. The Morgan fingerprint density at radius 3 is 2.45 bits per heavy atom. The van der Waals surface area contributed by atoms with Gasteiger partial charge in [0.2, 0.25) is 0 Å². The third-order valence-electron chi connectivity index (χ3n) is 3.10. The Hall–Kier alpha value is -2.04. The van der Waals surface area contributed by atoms with Gasteiger partial charge in [-0.15, -0.1) is 0 Å². The lowest BCUT2D eigenvalue weighted by Crippen LogP contribution is -2.42. The van der Waals surface area contributed by atoms with Crippen LogP contribution in [0.3, 0.4) is 0 Å². The van der Waals surface area contributed by atoms with Gasteiger partial charge in [0.1, 0.15) is 6.10 Å². The SMILES string of the molecule is CC(=O)O[C@@H]([C@H](COCc1ccccc1)N=[N+]=[N-])C(C)(C)C. The Balaban J connectivity index is 2.73. The summed E-state index contributed by atoms with van der Waals surface area (Å²) in [6, 6.07) is 9.13. The maximum atomic E-state index is 11.3. The molecule has 0 aliphatic carbocycles. The molecule has 6 heteroatoms. The van der Waals surface area contributed by atoms with E-state index in [0.717, 1.165) is 5.56 Å². The number of hydrogen-bond acceptors (Lipinski definition) is 4. The lowest BCUT2D eigenvalue weighted by molar-refractivity contribution is -0.154. The van der Waals surface area contributed by atoms with Crippen molar-refractivity contribution in [3.05, 3.63) is 46.3 Å². The summed E-state index contributed by atoms with van der Waals surface area (Å²) in [5.74, 6) is -0.402. The van der Waals surface area contributed by atoms with Crippen molar-refractivity contribution in [2.45, 2.75) is 46.4 Å². The number of ether oxygens (including phenoxy) is 2. The first-order valence-electron chi connectivity index (χ1n) is 7.17. The minimum absolute atomic E-state index is 0.189. The smallest absolute Gasteiger partial charge is 0.302 e. The molecular weight excluding hydrogens is 282 g/mol. The van der Waals surface area contributed by atoms with Crippen molar-refractivity contribution in [2.75, 3.05) is 6.61 Å². The van der Waals surface area contributed by atoms with Crippen LogP contribution < -0.4 is 0 Å². The summed E-state index contributed by atoms with van der Waals surface area (Å²) < 4.78 is 11.0.